The van der Waals surface area contributed by atoms with Crippen LogP contribution in [0.3, 0.4) is 0 Å². The molecule has 20 heavy (non-hydrogen) atoms. The Labute approximate surface area is 115 Å². The highest BCUT2D eigenvalue weighted by Crippen LogP contribution is 2.08. The predicted octanol–water partition coefficient (Wildman–Crippen LogP) is -1.94. The molecule has 1 aliphatic rings. The maximum atomic E-state index is 12.1. The molecule has 0 radical (unpaired) electrons. The van der Waals surface area contributed by atoms with E-state index in [-0.39, 0.29) is 25.5 Å². The molecule has 4 amide bonds. The van der Waals surface area contributed by atoms with Crippen molar-refractivity contribution in [3.63, 3.8) is 0 Å². The average molecular weight is 286 g/mol. The van der Waals surface area contributed by atoms with E-state index in [1.165, 1.54) is 7.05 Å². The first-order chi connectivity index (χ1) is 9.36. The molecule has 9 nitrogen and oxygen atoms in total. The molecule has 0 saturated carbocycles. The van der Waals surface area contributed by atoms with Gasteiger partial charge in [0.1, 0.15) is 19.1 Å². The molecule has 0 aromatic heterocycles. The molecule has 9 heteroatoms. The number of rotatable bonds is 4. The Balaban J connectivity index is 2.73. The second-order valence-corrected chi connectivity index (χ2v) is 4.38. The summed E-state index contributed by atoms with van der Waals surface area (Å²) < 4.78 is 0. The minimum Gasteiger partial charge on any atom is -0.480 e. The summed E-state index contributed by atoms with van der Waals surface area (Å²) in [5, 5.41) is 14.0. The molecule has 3 N–H and O–H groups in total. The van der Waals surface area contributed by atoms with Gasteiger partial charge < -0.3 is 20.6 Å². The third-order valence-electron chi connectivity index (χ3n) is 2.79. The van der Waals surface area contributed by atoms with Crippen molar-refractivity contribution in [2.45, 2.75) is 13.0 Å². The first kappa shape index (κ1) is 15.7. The van der Waals surface area contributed by atoms with Gasteiger partial charge in [0.25, 0.3) is 0 Å². The first-order valence-corrected chi connectivity index (χ1v) is 6.14. The Bertz CT molecular complexity index is 425. The highest BCUT2D eigenvalue weighted by atomic mass is 16.4. The van der Waals surface area contributed by atoms with Crippen molar-refractivity contribution in [1.82, 2.24) is 20.4 Å². The summed E-state index contributed by atoms with van der Waals surface area (Å²) in [6, 6.07) is -1.80. The molecule has 1 unspecified atom stereocenters. The van der Waals surface area contributed by atoms with E-state index in [1.807, 2.05) is 0 Å². The number of carbonyl (C=O) groups excluding carboxylic acids is 3. The Morgan fingerprint density at radius 1 is 1.50 bits per heavy atom. The molecule has 0 aromatic carbocycles. The SMILES string of the molecule is CCNC(=O)CN(C)C(=O)N1CC(=O)NCC1C(=O)O. The van der Waals surface area contributed by atoms with Gasteiger partial charge in [-0.05, 0) is 6.92 Å². The number of aliphatic carboxylic acids is 1. The second-order valence-electron chi connectivity index (χ2n) is 4.38. The zero-order valence-electron chi connectivity index (χ0n) is 11.4. The summed E-state index contributed by atoms with van der Waals surface area (Å²) in [6.45, 7) is 1.50. The lowest BCUT2D eigenvalue weighted by Crippen LogP contribution is -2.61. The lowest BCUT2D eigenvalue weighted by Gasteiger charge is -2.35. The zero-order chi connectivity index (χ0) is 15.3. The van der Waals surface area contributed by atoms with Gasteiger partial charge in [-0.25, -0.2) is 9.59 Å². The monoisotopic (exact) mass is 286 g/mol. The summed E-state index contributed by atoms with van der Waals surface area (Å²) in [6.07, 6.45) is 0. The largest absolute Gasteiger partial charge is 0.480 e. The Morgan fingerprint density at radius 2 is 2.15 bits per heavy atom. The molecular weight excluding hydrogens is 268 g/mol. The second kappa shape index (κ2) is 6.73. The normalized spacial score (nSPS) is 18.2. The minimum absolute atomic E-state index is 0.144. The summed E-state index contributed by atoms with van der Waals surface area (Å²) in [5.74, 6) is -1.98. The fourth-order valence-corrected chi connectivity index (χ4v) is 1.82. The van der Waals surface area contributed by atoms with Crippen LogP contribution in [0.15, 0.2) is 0 Å². The summed E-state index contributed by atoms with van der Waals surface area (Å²) in [4.78, 5) is 47.9. The lowest BCUT2D eigenvalue weighted by molar-refractivity contribution is -0.144. The Kier molecular flexibility index (Phi) is 5.30. The van der Waals surface area contributed by atoms with Crippen LogP contribution in [0.5, 0.6) is 0 Å². The van der Waals surface area contributed by atoms with Gasteiger partial charge in [-0.2, -0.15) is 0 Å². The number of hydrogen-bond acceptors (Lipinski definition) is 4. The third kappa shape index (κ3) is 3.84. The van der Waals surface area contributed by atoms with E-state index in [0.717, 1.165) is 9.80 Å². The Morgan fingerprint density at radius 3 is 2.70 bits per heavy atom. The van der Waals surface area contributed by atoms with Crippen molar-refractivity contribution in [3.05, 3.63) is 0 Å². The standard InChI is InChI=1S/C11H18N4O5/c1-3-12-8(16)5-14(2)11(20)15-6-9(17)13-4-7(15)10(18)19/h7H,3-6H2,1-2H3,(H,12,16)(H,13,17)(H,18,19). The van der Waals surface area contributed by atoms with Gasteiger partial charge in [-0.15, -0.1) is 0 Å². The zero-order valence-corrected chi connectivity index (χ0v) is 11.4. The van der Waals surface area contributed by atoms with Crippen LogP contribution in [-0.2, 0) is 14.4 Å². The van der Waals surface area contributed by atoms with Crippen molar-refractivity contribution in [2.24, 2.45) is 0 Å². The van der Waals surface area contributed by atoms with Crippen LogP contribution in [0, 0.1) is 0 Å². The summed E-state index contributed by atoms with van der Waals surface area (Å²) >= 11 is 0. The molecule has 112 valence electrons. The highest BCUT2D eigenvalue weighted by molar-refractivity contribution is 5.92. The fraction of sp³-hybridized carbons (Fsp3) is 0.636. The average Bonchev–Trinajstić information content (AvgIpc) is 2.37. The number of piperazine rings is 1. The van der Waals surface area contributed by atoms with Gasteiger partial charge in [0, 0.05) is 20.1 Å². The smallest absolute Gasteiger partial charge is 0.328 e. The molecule has 0 aliphatic carbocycles. The quantitative estimate of drug-likeness (QED) is 0.555. The molecule has 0 bridgehead atoms. The van der Waals surface area contributed by atoms with Gasteiger partial charge >= 0.3 is 12.0 Å². The number of likely N-dealkylation sites (N-methyl/N-ethyl adjacent to an activating group) is 2. The molecular formula is C11H18N4O5. The van der Waals surface area contributed by atoms with Crippen molar-refractivity contribution in [3.8, 4) is 0 Å². The van der Waals surface area contributed by atoms with Crippen LogP contribution in [0.25, 0.3) is 0 Å². The topological polar surface area (TPSA) is 119 Å². The van der Waals surface area contributed by atoms with Crippen LogP contribution in [0.4, 0.5) is 4.79 Å². The number of urea groups is 1. The predicted molar refractivity (Wildman–Crippen MR) is 67.8 cm³/mol. The highest BCUT2D eigenvalue weighted by Gasteiger charge is 2.36. The van der Waals surface area contributed by atoms with Gasteiger partial charge in [0.05, 0.1) is 0 Å². The molecule has 1 fully saturated rings. The van der Waals surface area contributed by atoms with Crippen LogP contribution in [0.1, 0.15) is 6.92 Å². The maximum Gasteiger partial charge on any atom is 0.328 e. The van der Waals surface area contributed by atoms with Crippen molar-refractivity contribution >= 4 is 23.8 Å². The summed E-state index contributed by atoms with van der Waals surface area (Å²) in [7, 11) is 1.38. The van der Waals surface area contributed by atoms with E-state index in [9.17, 15) is 19.2 Å². The molecule has 1 saturated heterocycles. The molecule has 0 spiro atoms. The van der Waals surface area contributed by atoms with Crippen LogP contribution >= 0.6 is 0 Å². The van der Waals surface area contributed by atoms with Gasteiger partial charge in [0.2, 0.25) is 11.8 Å². The van der Waals surface area contributed by atoms with Crippen molar-refractivity contribution < 1.29 is 24.3 Å². The molecule has 1 heterocycles. The van der Waals surface area contributed by atoms with E-state index < -0.39 is 23.9 Å². The fourth-order valence-electron chi connectivity index (χ4n) is 1.82. The number of carboxylic acids is 1. The number of amides is 4. The van der Waals surface area contributed by atoms with Crippen molar-refractivity contribution in [1.29, 1.82) is 0 Å². The number of nitrogens with zero attached hydrogens (tertiary/aromatic N) is 2. The molecule has 1 rings (SSSR count). The van der Waals surface area contributed by atoms with Crippen LogP contribution in [0.2, 0.25) is 0 Å². The van der Waals surface area contributed by atoms with E-state index in [2.05, 4.69) is 10.6 Å². The number of carboxylic acid groups (broad SMARTS) is 1. The van der Waals surface area contributed by atoms with E-state index in [4.69, 9.17) is 5.11 Å². The van der Waals surface area contributed by atoms with E-state index in [1.54, 1.807) is 6.92 Å². The number of hydrogen-bond donors (Lipinski definition) is 3. The number of carbonyl (C=O) groups is 4. The Hall–Kier alpha value is -2.32. The van der Waals surface area contributed by atoms with E-state index >= 15 is 0 Å². The van der Waals surface area contributed by atoms with Gasteiger partial charge in [0.15, 0.2) is 0 Å². The molecule has 1 aliphatic heterocycles. The van der Waals surface area contributed by atoms with Crippen molar-refractivity contribution in [2.75, 3.05) is 33.2 Å². The molecule has 1 atom stereocenters. The lowest BCUT2D eigenvalue weighted by atomic mass is 10.2. The minimum atomic E-state index is -1.20. The third-order valence-corrected chi connectivity index (χ3v) is 2.79. The maximum absolute atomic E-state index is 12.1. The van der Waals surface area contributed by atoms with Gasteiger partial charge in [-0.3, -0.25) is 14.5 Å². The van der Waals surface area contributed by atoms with Gasteiger partial charge in [-0.1, -0.05) is 0 Å². The van der Waals surface area contributed by atoms with Crippen LogP contribution in [-0.4, -0.2) is 78.0 Å². The summed E-state index contributed by atoms with van der Waals surface area (Å²) in [5.41, 5.74) is 0. The number of nitrogens with one attached hydrogen (secondary N) is 2. The van der Waals surface area contributed by atoms with Crippen LogP contribution < -0.4 is 10.6 Å². The molecule has 0 aromatic rings. The van der Waals surface area contributed by atoms with E-state index in [0.29, 0.717) is 6.54 Å². The first-order valence-electron chi connectivity index (χ1n) is 6.14.